The van der Waals surface area contributed by atoms with Crippen LogP contribution < -0.4 is 10.1 Å². The van der Waals surface area contributed by atoms with Crippen molar-refractivity contribution in [2.45, 2.75) is 44.4 Å². The molecule has 22 heavy (non-hydrogen) atoms. The SMILES string of the molecule is COc1ccc(CN(C)C(=O)NC2CCC(O)CC2)cc1F. The molecule has 0 atom stereocenters. The molecule has 0 aromatic heterocycles. The number of carbonyl (C=O) groups is 1. The first-order valence-electron chi connectivity index (χ1n) is 7.51. The smallest absolute Gasteiger partial charge is 0.317 e. The second-order valence-electron chi connectivity index (χ2n) is 5.78. The molecular formula is C16H23FN2O3. The molecule has 0 spiro atoms. The fourth-order valence-corrected chi connectivity index (χ4v) is 2.66. The van der Waals surface area contributed by atoms with Gasteiger partial charge in [-0.25, -0.2) is 9.18 Å². The van der Waals surface area contributed by atoms with Gasteiger partial charge < -0.3 is 20.1 Å². The highest BCUT2D eigenvalue weighted by molar-refractivity contribution is 5.74. The zero-order chi connectivity index (χ0) is 16.1. The lowest BCUT2D eigenvalue weighted by Gasteiger charge is -2.28. The Morgan fingerprint density at radius 2 is 2.09 bits per heavy atom. The molecule has 1 aromatic carbocycles. The van der Waals surface area contributed by atoms with Crippen molar-refractivity contribution in [1.29, 1.82) is 0 Å². The van der Waals surface area contributed by atoms with Gasteiger partial charge >= 0.3 is 6.03 Å². The molecule has 0 heterocycles. The zero-order valence-electron chi connectivity index (χ0n) is 13.0. The van der Waals surface area contributed by atoms with Gasteiger partial charge in [-0.15, -0.1) is 0 Å². The highest BCUT2D eigenvalue weighted by Crippen LogP contribution is 2.20. The molecule has 0 bridgehead atoms. The van der Waals surface area contributed by atoms with E-state index in [4.69, 9.17) is 4.74 Å². The number of aliphatic hydroxyl groups excluding tert-OH is 1. The van der Waals surface area contributed by atoms with Gasteiger partial charge in [-0.3, -0.25) is 0 Å². The summed E-state index contributed by atoms with van der Waals surface area (Å²) in [6.07, 6.45) is 2.78. The Labute approximate surface area is 130 Å². The highest BCUT2D eigenvalue weighted by atomic mass is 19.1. The minimum absolute atomic E-state index is 0.103. The Morgan fingerprint density at radius 3 is 2.68 bits per heavy atom. The van der Waals surface area contributed by atoms with Crippen LogP contribution in [-0.4, -0.2) is 42.3 Å². The molecule has 0 unspecified atom stereocenters. The molecule has 1 fully saturated rings. The normalized spacial score (nSPS) is 21.3. The van der Waals surface area contributed by atoms with E-state index in [1.807, 2.05) is 0 Å². The van der Waals surface area contributed by atoms with E-state index in [9.17, 15) is 14.3 Å². The van der Waals surface area contributed by atoms with Crippen LogP contribution in [0, 0.1) is 5.82 Å². The number of ether oxygens (including phenoxy) is 1. The molecule has 2 N–H and O–H groups in total. The third kappa shape index (κ3) is 4.34. The molecule has 0 saturated heterocycles. The molecule has 1 saturated carbocycles. The van der Waals surface area contributed by atoms with Crippen molar-refractivity contribution in [3.8, 4) is 5.75 Å². The molecule has 122 valence electrons. The minimum Gasteiger partial charge on any atom is -0.494 e. The lowest BCUT2D eigenvalue weighted by Crippen LogP contribution is -2.44. The molecule has 6 heteroatoms. The van der Waals surface area contributed by atoms with Crippen molar-refractivity contribution in [2.24, 2.45) is 0 Å². The molecule has 1 aliphatic rings. The van der Waals surface area contributed by atoms with Crippen molar-refractivity contribution in [3.05, 3.63) is 29.6 Å². The van der Waals surface area contributed by atoms with E-state index in [1.54, 1.807) is 19.2 Å². The number of amides is 2. The topological polar surface area (TPSA) is 61.8 Å². The van der Waals surface area contributed by atoms with E-state index in [1.165, 1.54) is 18.1 Å². The van der Waals surface area contributed by atoms with Crippen LogP contribution in [0.1, 0.15) is 31.2 Å². The number of rotatable bonds is 4. The summed E-state index contributed by atoms with van der Waals surface area (Å²) in [5, 5.41) is 12.4. The van der Waals surface area contributed by atoms with Crippen molar-refractivity contribution < 1.29 is 19.0 Å². The van der Waals surface area contributed by atoms with E-state index in [2.05, 4.69) is 5.32 Å². The second-order valence-corrected chi connectivity index (χ2v) is 5.78. The number of nitrogens with one attached hydrogen (secondary N) is 1. The molecule has 5 nitrogen and oxygen atoms in total. The van der Waals surface area contributed by atoms with Gasteiger partial charge in [0.25, 0.3) is 0 Å². The van der Waals surface area contributed by atoms with Gasteiger partial charge in [-0.05, 0) is 43.4 Å². The van der Waals surface area contributed by atoms with E-state index in [0.717, 1.165) is 25.7 Å². The number of urea groups is 1. The van der Waals surface area contributed by atoms with Crippen LogP contribution in [0.15, 0.2) is 18.2 Å². The summed E-state index contributed by atoms with van der Waals surface area (Å²) in [6, 6.07) is 4.59. The van der Waals surface area contributed by atoms with Crippen molar-refractivity contribution in [3.63, 3.8) is 0 Å². The molecular weight excluding hydrogens is 287 g/mol. The summed E-state index contributed by atoms with van der Waals surface area (Å²) in [7, 11) is 3.09. The van der Waals surface area contributed by atoms with E-state index < -0.39 is 5.82 Å². The maximum atomic E-state index is 13.6. The first kappa shape index (κ1) is 16.5. The number of nitrogens with zero attached hydrogens (tertiary/aromatic N) is 1. The lowest BCUT2D eigenvalue weighted by molar-refractivity contribution is 0.115. The van der Waals surface area contributed by atoms with E-state index in [0.29, 0.717) is 12.1 Å². The van der Waals surface area contributed by atoms with Gasteiger partial charge in [0, 0.05) is 19.6 Å². The minimum atomic E-state index is -0.435. The molecule has 0 aliphatic heterocycles. The van der Waals surface area contributed by atoms with Crippen LogP contribution in [-0.2, 0) is 6.54 Å². The summed E-state index contributed by atoms with van der Waals surface area (Å²) < 4.78 is 18.5. The summed E-state index contributed by atoms with van der Waals surface area (Å²) in [5.74, 6) is -0.244. The lowest BCUT2D eigenvalue weighted by atomic mass is 9.93. The average molecular weight is 310 g/mol. The van der Waals surface area contributed by atoms with Crippen LogP contribution in [0.3, 0.4) is 0 Å². The molecule has 0 radical (unpaired) electrons. The largest absolute Gasteiger partial charge is 0.494 e. The van der Waals surface area contributed by atoms with Crippen LogP contribution >= 0.6 is 0 Å². The Balaban J connectivity index is 1.87. The van der Waals surface area contributed by atoms with E-state index in [-0.39, 0.29) is 23.9 Å². The number of methoxy groups -OCH3 is 1. The maximum absolute atomic E-state index is 13.6. The highest BCUT2D eigenvalue weighted by Gasteiger charge is 2.22. The quantitative estimate of drug-likeness (QED) is 0.897. The Kier molecular flexibility index (Phi) is 5.60. The van der Waals surface area contributed by atoms with Gasteiger partial charge in [0.2, 0.25) is 0 Å². The first-order valence-corrected chi connectivity index (χ1v) is 7.51. The van der Waals surface area contributed by atoms with Gasteiger partial charge in [0.15, 0.2) is 11.6 Å². The Hall–Kier alpha value is -1.82. The van der Waals surface area contributed by atoms with Crippen LogP contribution in [0.2, 0.25) is 0 Å². The fraction of sp³-hybridized carbons (Fsp3) is 0.562. The number of aliphatic hydroxyl groups is 1. The Morgan fingerprint density at radius 1 is 1.41 bits per heavy atom. The van der Waals surface area contributed by atoms with Gasteiger partial charge in [0.05, 0.1) is 13.2 Å². The van der Waals surface area contributed by atoms with Gasteiger partial charge in [0.1, 0.15) is 0 Å². The number of hydrogen-bond acceptors (Lipinski definition) is 3. The predicted octanol–water partition coefficient (Wildman–Crippen LogP) is 2.28. The average Bonchev–Trinajstić information content (AvgIpc) is 2.49. The van der Waals surface area contributed by atoms with Crippen LogP contribution in [0.4, 0.5) is 9.18 Å². The monoisotopic (exact) mass is 310 g/mol. The van der Waals surface area contributed by atoms with Crippen LogP contribution in [0.25, 0.3) is 0 Å². The third-order valence-corrected chi connectivity index (χ3v) is 4.01. The number of carbonyl (C=O) groups excluding carboxylic acids is 1. The second kappa shape index (κ2) is 7.45. The number of benzene rings is 1. The summed E-state index contributed by atoms with van der Waals surface area (Å²) in [5.41, 5.74) is 0.704. The third-order valence-electron chi connectivity index (χ3n) is 4.01. The summed E-state index contributed by atoms with van der Waals surface area (Å²) >= 11 is 0. The van der Waals surface area contributed by atoms with Crippen molar-refractivity contribution in [1.82, 2.24) is 10.2 Å². The fourth-order valence-electron chi connectivity index (χ4n) is 2.66. The predicted molar refractivity (Wildman–Crippen MR) is 81.2 cm³/mol. The molecule has 2 rings (SSSR count). The van der Waals surface area contributed by atoms with Crippen molar-refractivity contribution in [2.75, 3.05) is 14.2 Å². The number of halogens is 1. The standard InChI is InChI=1S/C16H23FN2O3/c1-19(10-11-3-8-15(22-2)14(17)9-11)16(21)18-12-4-6-13(20)7-5-12/h3,8-9,12-13,20H,4-7,10H2,1-2H3,(H,18,21). The molecule has 1 aromatic rings. The molecule has 1 aliphatic carbocycles. The van der Waals surface area contributed by atoms with Gasteiger partial charge in [-0.2, -0.15) is 0 Å². The number of hydrogen-bond donors (Lipinski definition) is 2. The zero-order valence-corrected chi connectivity index (χ0v) is 13.0. The van der Waals surface area contributed by atoms with E-state index >= 15 is 0 Å². The first-order chi connectivity index (χ1) is 10.5. The van der Waals surface area contributed by atoms with Crippen LogP contribution in [0.5, 0.6) is 5.75 Å². The Bertz CT molecular complexity index is 516. The maximum Gasteiger partial charge on any atom is 0.317 e. The van der Waals surface area contributed by atoms with Crippen molar-refractivity contribution >= 4 is 6.03 Å². The molecule has 2 amide bonds. The summed E-state index contributed by atoms with van der Waals surface area (Å²) in [6.45, 7) is 0.322. The van der Waals surface area contributed by atoms with Gasteiger partial charge in [-0.1, -0.05) is 6.07 Å². The summed E-state index contributed by atoms with van der Waals surface area (Å²) in [4.78, 5) is 13.7.